The van der Waals surface area contributed by atoms with E-state index in [0.29, 0.717) is 18.8 Å². The Kier molecular flexibility index (Phi) is 4.81. The van der Waals surface area contributed by atoms with Gasteiger partial charge in [-0.2, -0.15) is 0 Å². The van der Waals surface area contributed by atoms with Crippen LogP contribution in [-0.2, 0) is 20.7 Å². The molecule has 0 radical (unpaired) electrons. The van der Waals surface area contributed by atoms with E-state index >= 15 is 0 Å². The second-order valence-electron chi connectivity index (χ2n) is 6.42. The van der Waals surface area contributed by atoms with Crippen LogP contribution in [0.1, 0.15) is 63.6 Å². The molecule has 116 valence electrons. The summed E-state index contributed by atoms with van der Waals surface area (Å²) in [5.41, 5.74) is 0.367. The minimum Gasteiger partial charge on any atom is -0.458 e. The maximum Gasteiger partial charge on any atom is 0.313 e. The van der Waals surface area contributed by atoms with Crippen molar-refractivity contribution in [3.05, 3.63) is 16.1 Å². The molecule has 0 saturated carbocycles. The van der Waals surface area contributed by atoms with Gasteiger partial charge in [0.25, 0.3) is 0 Å². The van der Waals surface area contributed by atoms with Gasteiger partial charge >= 0.3 is 5.97 Å². The van der Waals surface area contributed by atoms with Crippen LogP contribution >= 0.6 is 11.3 Å². The molecule has 21 heavy (non-hydrogen) atoms. The predicted molar refractivity (Wildman–Crippen MR) is 82.4 cm³/mol. The quantitative estimate of drug-likeness (QED) is 0.617. The number of hydrogen-bond donors (Lipinski definition) is 0. The number of carbonyl (C=O) groups is 2. The molecular weight excluding hydrogens is 286 g/mol. The molecule has 1 aromatic rings. The van der Waals surface area contributed by atoms with Gasteiger partial charge in [-0.3, -0.25) is 9.59 Å². The van der Waals surface area contributed by atoms with Crippen molar-refractivity contribution in [2.24, 2.45) is 5.92 Å². The molecule has 0 aliphatic carbocycles. The average Bonchev–Trinajstić information content (AvgIpc) is 2.84. The van der Waals surface area contributed by atoms with Crippen molar-refractivity contribution in [2.45, 2.75) is 64.9 Å². The molecule has 1 aliphatic heterocycles. The zero-order valence-corrected chi connectivity index (χ0v) is 14.0. The Morgan fingerprint density at radius 1 is 1.33 bits per heavy atom. The van der Waals surface area contributed by atoms with E-state index in [1.54, 1.807) is 11.3 Å². The van der Waals surface area contributed by atoms with Crippen LogP contribution < -0.4 is 0 Å². The number of nitrogens with zero attached hydrogens (tertiary/aromatic N) is 1. The fourth-order valence-corrected chi connectivity index (χ4v) is 3.52. The highest BCUT2D eigenvalue weighted by atomic mass is 32.1. The third kappa shape index (κ3) is 3.70. The van der Waals surface area contributed by atoms with Crippen LogP contribution in [0.4, 0.5) is 0 Å². The zero-order chi connectivity index (χ0) is 15.6. The largest absolute Gasteiger partial charge is 0.458 e. The molecule has 1 atom stereocenters. The lowest BCUT2D eigenvalue weighted by molar-refractivity contribution is -0.177. The number of ether oxygens (including phenoxy) is 1. The van der Waals surface area contributed by atoms with Crippen LogP contribution in [0, 0.1) is 5.92 Å². The Hall–Kier alpha value is -1.23. The minimum absolute atomic E-state index is 0.0129. The van der Waals surface area contributed by atoms with Gasteiger partial charge in [-0.05, 0) is 18.8 Å². The van der Waals surface area contributed by atoms with E-state index < -0.39 is 5.60 Å². The van der Waals surface area contributed by atoms with E-state index in [1.807, 2.05) is 13.8 Å². The summed E-state index contributed by atoms with van der Waals surface area (Å²) in [5, 5.41) is 3.19. The monoisotopic (exact) mass is 309 g/mol. The van der Waals surface area contributed by atoms with Gasteiger partial charge in [0.15, 0.2) is 0 Å². The molecule has 1 saturated heterocycles. The third-order valence-corrected chi connectivity index (χ3v) is 5.27. The lowest BCUT2D eigenvalue weighted by Crippen LogP contribution is -2.47. The zero-order valence-electron chi connectivity index (χ0n) is 13.1. The van der Waals surface area contributed by atoms with Crippen LogP contribution in [0.15, 0.2) is 5.38 Å². The first-order valence-corrected chi connectivity index (χ1v) is 8.38. The number of aromatic nitrogens is 1. The van der Waals surface area contributed by atoms with E-state index in [9.17, 15) is 9.59 Å². The molecule has 1 aromatic heterocycles. The summed E-state index contributed by atoms with van der Waals surface area (Å²) in [7, 11) is 0. The highest BCUT2D eigenvalue weighted by molar-refractivity contribution is 7.09. The van der Waals surface area contributed by atoms with Crippen molar-refractivity contribution in [1.82, 2.24) is 4.98 Å². The van der Waals surface area contributed by atoms with Gasteiger partial charge in [-0.1, -0.05) is 27.7 Å². The number of cyclic esters (lactones) is 1. The molecule has 1 unspecified atom stereocenters. The topological polar surface area (TPSA) is 56.3 Å². The lowest BCUT2D eigenvalue weighted by atomic mass is 9.79. The number of ketones is 1. The van der Waals surface area contributed by atoms with Crippen molar-refractivity contribution in [3.63, 3.8) is 0 Å². The van der Waals surface area contributed by atoms with Crippen molar-refractivity contribution >= 4 is 23.1 Å². The highest BCUT2D eigenvalue weighted by Gasteiger charge is 2.43. The van der Waals surface area contributed by atoms with Gasteiger partial charge in [0, 0.05) is 17.7 Å². The molecule has 1 aliphatic rings. The van der Waals surface area contributed by atoms with Crippen LogP contribution in [0.3, 0.4) is 0 Å². The third-order valence-electron chi connectivity index (χ3n) is 4.07. The Morgan fingerprint density at radius 2 is 2.05 bits per heavy atom. The van der Waals surface area contributed by atoms with Gasteiger partial charge in [-0.25, -0.2) is 4.98 Å². The molecular formula is C16H23NO3S. The number of thiazole rings is 1. The molecule has 0 N–H and O–H groups in total. The van der Waals surface area contributed by atoms with Gasteiger partial charge in [0.05, 0.1) is 10.7 Å². The summed E-state index contributed by atoms with van der Waals surface area (Å²) in [6.45, 7) is 8.26. The van der Waals surface area contributed by atoms with Gasteiger partial charge in [0.2, 0.25) is 0 Å². The number of hydrogen-bond acceptors (Lipinski definition) is 5. The SMILES string of the molecule is CC(C)c1nc(CCC2(C(C)C)CC(=O)CC(=O)O2)cs1. The summed E-state index contributed by atoms with van der Waals surface area (Å²) in [5.74, 6) is 0.146. The van der Waals surface area contributed by atoms with E-state index in [4.69, 9.17) is 4.74 Å². The maximum absolute atomic E-state index is 11.8. The summed E-state index contributed by atoms with van der Waals surface area (Å²) >= 11 is 1.67. The predicted octanol–water partition coefficient (Wildman–Crippen LogP) is 3.50. The van der Waals surface area contributed by atoms with E-state index in [1.165, 1.54) is 0 Å². The fraction of sp³-hybridized carbons (Fsp3) is 0.688. The van der Waals surface area contributed by atoms with Crippen molar-refractivity contribution in [3.8, 4) is 0 Å². The van der Waals surface area contributed by atoms with Crippen molar-refractivity contribution in [1.29, 1.82) is 0 Å². The van der Waals surface area contributed by atoms with E-state index in [0.717, 1.165) is 17.1 Å². The minimum atomic E-state index is -0.659. The standard InChI is InChI=1S/C16H23NO3S/c1-10(2)15-17-12(9-21-15)5-6-16(11(3)4)8-13(18)7-14(19)20-16/h9-11H,5-8H2,1-4H3. The lowest BCUT2D eigenvalue weighted by Gasteiger charge is -2.39. The summed E-state index contributed by atoms with van der Waals surface area (Å²) < 4.78 is 5.60. The van der Waals surface area contributed by atoms with Gasteiger partial charge in [-0.15, -0.1) is 11.3 Å². The van der Waals surface area contributed by atoms with Crippen molar-refractivity contribution < 1.29 is 14.3 Å². The normalized spacial score (nSPS) is 23.0. The van der Waals surface area contributed by atoms with Crippen LogP contribution in [0.5, 0.6) is 0 Å². The highest BCUT2D eigenvalue weighted by Crippen LogP contribution is 2.35. The number of rotatable bonds is 5. The Labute approximate surface area is 129 Å². The molecule has 2 rings (SSSR count). The molecule has 0 bridgehead atoms. The second-order valence-corrected chi connectivity index (χ2v) is 7.31. The van der Waals surface area contributed by atoms with Gasteiger partial charge < -0.3 is 4.74 Å². The molecule has 0 amide bonds. The smallest absolute Gasteiger partial charge is 0.313 e. The Balaban J connectivity index is 2.09. The molecule has 2 heterocycles. The molecule has 0 spiro atoms. The molecule has 1 fully saturated rings. The number of aryl methyl sites for hydroxylation is 1. The summed E-state index contributed by atoms with van der Waals surface area (Å²) in [4.78, 5) is 28.0. The van der Waals surface area contributed by atoms with E-state index in [-0.39, 0.29) is 24.1 Å². The van der Waals surface area contributed by atoms with Crippen LogP contribution in [0.25, 0.3) is 0 Å². The summed E-state index contributed by atoms with van der Waals surface area (Å²) in [6.07, 6.45) is 1.64. The molecule has 4 nitrogen and oxygen atoms in total. The molecule has 0 aromatic carbocycles. The van der Waals surface area contributed by atoms with Crippen LogP contribution in [0.2, 0.25) is 0 Å². The fourth-order valence-electron chi connectivity index (χ4n) is 2.65. The second kappa shape index (κ2) is 6.26. The Morgan fingerprint density at radius 3 is 2.57 bits per heavy atom. The first-order valence-electron chi connectivity index (χ1n) is 7.50. The van der Waals surface area contributed by atoms with Crippen LogP contribution in [-0.4, -0.2) is 22.3 Å². The number of carbonyl (C=O) groups excluding carboxylic acids is 2. The first kappa shape index (κ1) is 16.1. The molecule has 5 heteroatoms. The van der Waals surface area contributed by atoms with Gasteiger partial charge in [0.1, 0.15) is 17.8 Å². The first-order chi connectivity index (χ1) is 9.82. The maximum atomic E-state index is 11.8. The van der Waals surface area contributed by atoms with Crippen molar-refractivity contribution in [2.75, 3.05) is 0 Å². The number of Topliss-reactive ketones (excluding diaryl/α,β-unsaturated/α-hetero) is 1. The van der Waals surface area contributed by atoms with E-state index in [2.05, 4.69) is 24.2 Å². The Bertz CT molecular complexity index is 517. The summed E-state index contributed by atoms with van der Waals surface area (Å²) in [6, 6.07) is 0. The average molecular weight is 309 g/mol. The number of esters is 1.